The van der Waals surface area contributed by atoms with Crippen molar-refractivity contribution in [1.29, 1.82) is 0 Å². The molecular weight excluding hydrogens is 251 g/mol. The van der Waals surface area contributed by atoms with Gasteiger partial charge in [-0.2, -0.15) is 0 Å². The summed E-state index contributed by atoms with van der Waals surface area (Å²) in [6.45, 7) is 0.633. The number of carbonyl (C=O) groups is 1. The molecule has 0 spiro atoms. The maximum Gasteiger partial charge on any atom is 0.239 e. The van der Waals surface area contributed by atoms with Gasteiger partial charge in [0.1, 0.15) is 11.9 Å². The minimum Gasteiger partial charge on any atom is -0.383 e. The van der Waals surface area contributed by atoms with Crippen LogP contribution < -0.4 is 11.1 Å². The molecule has 1 amide bonds. The van der Waals surface area contributed by atoms with E-state index in [0.29, 0.717) is 5.56 Å². The lowest BCUT2D eigenvalue weighted by atomic mass is 10.1. The molecule has 0 fully saturated rings. The van der Waals surface area contributed by atoms with Crippen molar-refractivity contribution in [2.75, 3.05) is 20.8 Å². The van der Waals surface area contributed by atoms with E-state index in [1.54, 1.807) is 12.1 Å². The second-order valence-electron chi connectivity index (χ2n) is 4.14. The zero-order valence-corrected chi connectivity index (χ0v) is 11.1. The van der Waals surface area contributed by atoms with Crippen molar-refractivity contribution < 1.29 is 18.7 Å². The zero-order valence-electron chi connectivity index (χ0n) is 11.1. The molecule has 0 bridgehead atoms. The van der Waals surface area contributed by atoms with Crippen LogP contribution in [0.1, 0.15) is 11.1 Å². The Hall–Kier alpha value is -1.50. The maximum atomic E-state index is 13.4. The summed E-state index contributed by atoms with van der Waals surface area (Å²) in [7, 11) is 2.97. The third kappa shape index (κ3) is 4.94. The summed E-state index contributed by atoms with van der Waals surface area (Å²) in [6, 6.07) is 3.91. The number of rotatable bonds is 7. The topological polar surface area (TPSA) is 73.6 Å². The van der Waals surface area contributed by atoms with Crippen LogP contribution in [-0.2, 0) is 27.4 Å². The van der Waals surface area contributed by atoms with Crippen molar-refractivity contribution in [3.05, 3.63) is 35.1 Å². The highest BCUT2D eigenvalue weighted by molar-refractivity contribution is 5.81. The Morgan fingerprint density at radius 2 is 2.16 bits per heavy atom. The summed E-state index contributed by atoms with van der Waals surface area (Å²) in [5.41, 5.74) is 6.81. The summed E-state index contributed by atoms with van der Waals surface area (Å²) in [5.74, 6) is -0.632. The molecule has 1 rings (SSSR count). The molecule has 0 aliphatic carbocycles. The molecule has 0 saturated heterocycles. The van der Waals surface area contributed by atoms with Gasteiger partial charge in [-0.25, -0.2) is 4.39 Å². The third-order valence-electron chi connectivity index (χ3n) is 2.56. The van der Waals surface area contributed by atoms with Gasteiger partial charge < -0.3 is 20.5 Å². The number of hydrogen-bond acceptors (Lipinski definition) is 4. The molecule has 6 heteroatoms. The fourth-order valence-corrected chi connectivity index (χ4v) is 1.58. The Morgan fingerprint density at radius 3 is 2.79 bits per heavy atom. The lowest BCUT2D eigenvalue weighted by Gasteiger charge is -2.12. The quantitative estimate of drug-likeness (QED) is 0.759. The normalized spacial score (nSPS) is 12.2. The van der Waals surface area contributed by atoms with Gasteiger partial charge in [0.15, 0.2) is 0 Å². The van der Waals surface area contributed by atoms with Crippen molar-refractivity contribution in [3.8, 4) is 0 Å². The maximum absolute atomic E-state index is 13.4. The average molecular weight is 270 g/mol. The van der Waals surface area contributed by atoms with E-state index in [0.717, 1.165) is 5.56 Å². The second kappa shape index (κ2) is 7.83. The third-order valence-corrected chi connectivity index (χ3v) is 2.56. The molecule has 1 unspecified atom stereocenters. The van der Waals surface area contributed by atoms with Gasteiger partial charge in [-0.05, 0) is 17.7 Å². The summed E-state index contributed by atoms with van der Waals surface area (Å²) in [6.07, 6.45) is 0. The summed E-state index contributed by atoms with van der Waals surface area (Å²) in [4.78, 5) is 11.6. The molecule has 0 aromatic heterocycles. The van der Waals surface area contributed by atoms with Gasteiger partial charge in [0.2, 0.25) is 5.91 Å². The molecular formula is C13H19FN2O3. The number of hydrogen-bond donors (Lipinski definition) is 2. The van der Waals surface area contributed by atoms with E-state index in [1.165, 1.54) is 20.3 Å². The molecule has 1 aromatic rings. The number of benzene rings is 1. The van der Waals surface area contributed by atoms with Gasteiger partial charge in [0, 0.05) is 26.3 Å². The van der Waals surface area contributed by atoms with Crippen LogP contribution in [0.3, 0.4) is 0 Å². The number of halogens is 1. The molecule has 106 valence electrons. The number of methoxy groups -OCH3 is 2. The molecule has 0 radical (unpaired) electrons. The van der Waals surface area contributed by atoms with Crippen LogP contribution in [0.15, 0.2) is 18.2 Å². The Kier molecular flexibility index (Phi) is 6.41. The summed E-state index contributed by atoms with van der Waals surface area (Å²) in [5, 5.41) is 2.67. The van der Waals surface area contributed by atoms with Crippen LogP contribution in [0.5, 0.6) is 0 Å². The SMILES string of the molecule is COCc1cc(CNC(=O)C(N)COC)ccc1F. The molecule has 0 aliphatic heterocycles. The van der Waals surface area contributed by atoms with E-state index in [9.17, 15) is 9.18 Å². The van der Waals surface area contributed by atoms with Gasteiger partial charge in [-0.15, -0.1) is 0 Å². The van der Waals surface area contributed by atoms with Gasteiger partial charge >= 0.3 is 0 Å². The van der Waals surface area contributed by atoms with Crippen LogP contribution in [0.2, 0.25) is 0 Å². The lowest BCUT2D eigenvalue weighted by molar-refractivity contribution is -0.123. The van der Waals surface area contributed by atoms with E-state index in [-0.39, 0.29) is 31.5 Å². The van der Waals surface area contributed by atoms with E-state index in [4.69, 9.17) is 15.2 Å². The van der Waals surface area contributed by atoms with E-state index in [2.05, 4.69) is 5.32 Å². The molecule has 1 aromatic carbocycles. The molecule has 5 nitrogen and oxygen atoms in total. The number of nitrogens with two attached hydrogens (primary N) is 1. The van der Waals surface area contributed by atoms with Crippen LogP contribution in [0.25, 0.3) is 0 Å². The van der Waals surface area contributed by atoms with Crippen LogP contribution >= 0.6 is 0 Å². The Bertz CT molecular complexity index is 426. The first kappa shape index (κ1) is 15.6. The summed E-state index contributed by atoms with van der Waals surface area (Å²) < 4.78 is 23.1. The van der Waals surface area contributed by atoms with Crippen LogP contribution in [0.4, 0.5) is 4.39 Å². The number of amides is 1. The predicted molar refractivity (Wildman–Crippen MR) is 68.8 cm³/mol. The fraction of sp³-hybridized carbons (Fsp3) is 0.462. The minimum absolute atomic E-state index is 0.157. The van der Waals surface area contributed by atoms with Gasteiger partial charge in [0.05, 0.1) is 13.2 Å². The lowest BCUT2D eigenvalue weighted by Crippen LogP contribution is -2.43. The van der Waals surface area contributed by atoms with Crippen LogP contribution in [-0.4, -0.2) is 32.8 Å². The first-order chi connectivity index (χ1) is 9.08. The van der Waals surface area contributed by atoms with Crippen molar-refractivity contribution in [1.82, 2.24) is 5.32 Å². The monoisotopic (exact) mass is 270 g/mol. The smallest absolute Gasteiger partial charge is 0.239 e. The highest BCUT2D eigenvalue weighted by Gasteiger charge is 2.12. The molecule has 19 heavy (non-hydrogen) atoms. The van der Waals surface area contributed by atoms with Crippen molar-refractivity contribution >= 4 is 5.91 Å². The summed E-state index contributed by atoms with van der Waals surface area (Å²) >= 11 is 0. The first-order valence-corrected chi connectivity index (χ1v) is 5.87. The Balaban J connectivity index is 2.58. The van der Waals surface area contributed by atoms with E-state index >= 15 is 0 Å². The first-order valence-electron chi connectivity index (χ1n) is 5.87. The number of carbonyl (C=O) groups excluding carboxylic acids is 1. The van der Waals surface area contributed by atoms with Crippen molar-refractivity contribution in [2.45, 2.75) is 19.2 Å². The largest absolute Gasteiger partial charge is 0.383 e. The minimum atomic E-state index is -0.705. The Labute approximate surface area is 111 Å². The average Bonchev–Trinajstić information content (AvgIpc) is 2.39. The van der Waals surface area contributed by atoms with E-state index in [1.807, 2.05) is 0 Å². The Morgan fingerprint density at radius 1 is 1.42 bits per heavy atom. The zero-order chi connectivity index (χ0) is 14.3. The molecule has 0 heterocycles. The number of nitrogens with one attached hydrogen (secondary N) is 1. The highest BCUT2D eigenvalue weighted by Crippen LogP contribution is 2.11. The van der Waals surface area contributed by atoms with Crippen molar-refractivity contribution in [2.24, 2.45) is 5.73 Å². The van der Waals surface area contributed by atoms with Crippen LogP contribution in [0, 0.1) is 5.82 Å². The molecule has 0 aliphatic rings. The predicted octanol–water partition coefficient (Wildman–Crippen LogP) is 0.562. The van der Waals surface area contributed by atoms with Crippen molar-refractivity contribution in [3.63, 3.8) is 0 Å². The molecule has 1 atom stereocenters. The standard InChI is InChI=1S/C13H19FN2O3/c1-18-7-10-5-9(3-4-11(10)14)6-16-13(17)12(15)8-19-2/h3-5,12H,6-8,15H2,1-2H3,(H,16,17). The highest BCUT2D eigenvalue weighted by atomic mass is 19.1. The fourth-order valence-electron chi connectivity index (χ4n) is 1.58. The molecule has 0 saturated carbocycles. The van der Waals surface area contributed by atoms with Gasteiger partial charge in [0.25, 0.3) is 0 Å². The van der Waals surface area contributed by atoms with Gasteiger partial charge in [-0.1, -0.05) is 6.07 Å². The second-order valence-corrected chi connectivity index (χ2v) is 4.14. The number of ether oxygens (including phenoxy) is 2. The van der Waals surface area contributed by atoms with E-state index < -0.39 is 6.04 Å². The van der Waals surface area contributed by atoms with Gasteiger partial charge in [-0.3, -0.25) is 4.79 Å². The molecule has 3 N–H and O–H groups in total.